The summed E-state index contributed by atoms with van der Waals surface area (Å²) in [6.07, 6.45) is 6.14. The van der Waals surface area contributed by atoms with E-state index in [-0.39, 0.29) is 5.75 Å². The molecule has 4 rings (SSSR count). The Hall–Kier alpha value is -2.58. The van der Waals surface area contributed by atoms with Gasteiger partial charge in [-0.25, -0.2) is 0 Å². The third kappa shape index (κ3) is 3.38. The molecule has 134 valence electrons. The number of benzene rings is 1. The van der Waals surface area contributed by atoms with Crippen molar-refractivity contribution in [3.63, 3.8) is 0 Å². The Morgan fingerprint density at radius 1 is 1.19 bits per heavy atom. The van der Waals surface area contributed by atoms with Crippen LogP contribution in [0.3, 0.4) is 0 Å². The number of rotatable bonds is 5. The first-order chi connectivity index (χ1) is 12.8. The highest BCUT2D eigenvalue weighted by Crippen LogP contribution is 2.41. The van der Waals surface area contributed by atoms with Gasteiger partial charge in [0.15, 0.2) is 0 Å². The maximum absolute atomic E-state index is 10.5. The Labute approximate surface area is 153 Å². The zero-order valence-corrected chi connectivity index (χ0v) is 14.7. The van der Waals surface area contributed by atoms with Gasteiger partial charge in [-0.3, -0.25) is 4.98 Å². The molecule has 5 nitrogen and oxygen atoms in total. The maximum atomic E-state index is 10.5. The van der Waals surface area contributed by atoms with Crippen LogP contribution in [0.2, 0.25) is 0 Å². The monoisotopic (exact) mass is 349 g/mol. The number of hydrogen-bond acceptors (Lipinski definition) is 5. The molecule has 1 saturated heterocycles. The molecule has 0 atom stereocenters. The quantitative estimate of drug-likeness (QED) is 0.862. The van der Waals surface area contributed by atoms with Gasteiger partial charge < -0.3 is 15.2 Å². The molecule has 5 heteroatoms. The minimum atomic E-state index is 0.102. The minimum absolute atomic E-state index is 0.102. The fourth-order valence-corrected chi connectivity index (χ4v) is 3.63. The van der Waals surface area contributed by atoms with Crippen LogP contribution in [0.5, 0.6) is 11.5 Å². The van der Waals surface area contributed by atoms with Crippen molar-refractivity contribution in [3.8, 4) is 28.8 Å². The Bertz CT molecular complexity index is 834. The molecule has 0 radical (unpaired) electrons. The molecule has 26 heavy (non-hydrogen) atoms. The first kappa shape index (κ1) is 16.9. The van der Waals surface area contributed by atoms with Crippen LogP contribution in [0.25, 0.3) is 11.3 Å². The third-order valence-electron chi connectivity index (χ3n) is 5.29. The average Bonchev–Trinajstić information content (AvgIpc) is 3.51. The molecule has 1 aliphatic heterocycles. The molecule has 1 aliphatic carbocycles. The number of nitrogens with one attached hydrogen (secondary N) is 1. The van der Waals surface area contributed by atoms with Crippen molar-refractivity contribution < 1.29 is 9.84 Å². The molecule has 2 fully saturated rings. The van der Waals surface area contributed by atoms with Gasteiger partial charge in [-0.05, 0) is 74.4 Å². The highest BCUT2D eigenvalue weighted by molar-refractivity contribution is 5.78. The van der Waals surface area contributed by atoms with E-state index in [1.165, 1.54) is 12.8 Å². The SMILES string of the molecule is N#Cc1c(C2CCNCC2)ccnc1-c1c(O)cccc1OCC1CC1. The van der Waals surface area contributed by atoms with Crippen molar-refractivity contribution in [2.24, 2.45) is 5.92 Å². The number of hydrogen-bond donors (Lipinski definition) is 2. The molecular weight excluding hydrogens is 326 g/mol. The lowest BCUT2D eigenvalue weighted by Crippen LogP contribution is -2.27. The van der Waals surface area contributed by atoms with E-state index in [0.717, 1.165) is 31.5 Å². The summed E-state index contributed by atoms with van der Waals surface area (Å²) in [4.78, 5) is 4.46. The van der Waals surface area contributed by atoms with Crippen LogP contribution in [-0.2, 0) is 0 Å². The number of phenols is 1. The molecule has 0 spiro atoms. The first-order valence-electron chi connectivity index (χ1n) is 9.32. The lowest BCUT2D eigenvalue weighted by atomic mass is 9.86. The second-order valence-electron chi connectivity index (χ2n) is 7.16. The number of nitrogens with zero attached hydrogens (tertiary/aromatic N) is 2. The fraction of sp³-hybridized carbons (Fsp3) is 0.429. The Morgan fingerprint density at radius 3 is 2.73 bits per heavy atom. The van der Waals surface area contributed by atoms with Gasteiger partial charge in [0.2, 0.25) is 0 Å². The average molecular weight is 349 g/mol. The van der Waals surface area contributed by atoms with E-state index in [0.29, 0.717) is 41.0 Å². The van der Waals surface area contributed by atoms with Crippen LogP contribution < -0.4 is 10.1 Å². The molecule has 0 amide bonds. The summed E-state index contributed by atoms with van der Waals surface area (Å²) in [5, 5.41) is 23.7. The molecule has 2 N–H and O–H groups in total. The number of piperidine rings is 1. The van der Waals surface area contributed by atoms with Gasteiger partial charge in [-0.2, -0.15) is 5.26 Å². The van der Waals surface area contributed by atoms with E-state index in [1.807, 2.05) is 12.1 Å². The molecule has 2 aromatic rings. The fourth-order valence-electron chi connectivity index (χ4n) is 3.63. The highest BCUT2D eigenvalue weighted by atomic mass is 16.5. The molecule has 1 aromatic heterocycles. The van der Waals surface area contributed by atoms with E-state index in [4.69, 9.17) is 4.74 Å². The molecule has 1 aromatic carbocycles. The van der Waals surface area contributed by atoms with Crippen LogP contribution in [-0.4, -0.2) is 29.8 Å². The summed E-state index contributed by atoms with van der Waals surface area (Å²) in [6, 6.07) is 9.53. The summed E-state index contributed by atoms with van der Waals surface area (Å²) >= 11 is 0. The van der Waals surface area contributed by atoms with Crippen LogP contribution in [0, 0.1) is 17.2 Å². The van der Waals surface area contributed by atoms with Gasteiger partial charge >= 0.3 is 0 Å². The van der Waals surface area contributed by atoms with Crippen LogP contribution in [0.15, 0.2) is 30.5 Å². The lowest BCUT2D eigenvalue weighted by molar-refractivity contribution is 0.299. The van der Waals surface area contributed by atoms with Crippen molar-refractivity contribution in [2.45, 2.75) is 31.6 Å². The van der Waals surface area contributed by atoms with Gasteiger partial charge in [-0.15, -0.1) is 0 Å². The molecule has 1 saturated carbocycles. The first-order valence-corrected chi connectivity index (χ1v) is 9.32. The van der Waals surface area contributed by atoms with Crippen molar-refractivity contribution >= 4 is 0 Å². The number of phenolic OH excluding ortho intramolecular Hbond substituents is 1. The molecule has 2 aliphatic rings. The summed E-state index contributed by atoms with van der Waals surface area (Å²) in [5.41, 5.74) is 2.63. The zero-order chi connectivity index (χ0) is 17.9. The van der Waals surface area contributed by atoms with E-state index >= 15 is 0 Å². The van der Waals surface area contributed by atoms with Crippen molar-refractivity contribution in [1.82, 2.24) is 10.3 Å². The summed E-state index contributed by atoms with van der Waals surface area (Å²) in [6.45, 7) is 2.56. The second-order valence-corrected chi connectivity index (χ2v) is 7.16. The van der Waals surface area contributed by atoms with Gasteiger partial charge in [0.1, 0.15) is 17.6 Å². The number of pyridine rings is 1. The van der Waals surface area contributed by atoms with Crippen molar-refractivity contribution in [1.29, 1.82) is 5.26 Å². The number of ether oxygens (including phenoxy) is 1. The number of nitriles is 1. The lowest BCUT2D eigenvalue weighted by Gasteiger charge is -2.24. The van der Waals surface area contributed by atoms with Crippen LogP contribution in [0.4, 0.5) is 0 Å². The highest BCUT2D eigenvalue weighted by Gasteiger charge is 2.26. The molecule has 2 heterocycles. The minimum Gasteiger partial charge on any atom is -0.507 e. The van der Waals surface area contributed by atoms with E-state index in [2.05, 4.69) is 16.4 Å². The maximum Gasteiger partial charge on any atom is 0.132 e. The van der Waals surface area contributed by atoms with E-state index in [1.54, 1.807) is 18.3 Å². The van der Waals surface area contributed by atoms with Crippen LogP contribution >= 0.6 is 0 Å². The molecule has 0 unspecified atom stereocenters. The standard InChI is InChI=1S/C21H23N3O2/c22-12-17-16(15-6-9-23-10-7-15)8-11-24-21(17)20-18(25)2-1-3-19(20)26-13-14-4-5-14/h1-3,8,11,14-15,23,25H,4-7,9-10,13H2. The predicted molar refractivity (Wildman–Crippen MR) is 99.1 cm³/mol. The van der Waals surface area contributed by atoms with Crippen molar-refractivity contribution in [3.05, 3.63) is 41.6 Å². The Morgan fingerprint density at radius 2 is 2.00 bits per heavy atom. The predicted octanol–water partition coefficient (Wildman–Crippen LogP) is 3.58. The molecular formula is C21H23N3O2. The van der Waals surface area contributed by atoms with E-state index < -0.39 is 0 Å². The zero-order valence-electron chi connectivity index (χ0n) is 14.7. The normalized spacial score (nSPS) is 17.7. The Kier molecular flexibility index (Phi) is 4.77. The summed E-state index contributed by atoms with van der Waals surface area (Å²) in [7, 11) is 0. The summed E-state index contributed by atoms with van der Waals surface area (Å²) in [5.74, 6) is 1.65. The topological polar surface area (TPSA) is 78.2 Å². The second kappa shape index (κ2) is 7.35. The van der Waals surface area contributed by atoms with E-state index in [9.17, 15) is 10.4 Å². The number of aromatic nitrogens is 1. The van der Waals surface area contributed by atoms with Crippen LogP contribution in [0.1, 0.15) is 42.7 Å². The van der Waals surface area contributed by atoms with Gasteiger partial charge in [0.25, 0.3) is 0 Å². The van der Waals surface area contributed by atoms with Crippen molar-refractivity contribution in [2.75, 3.05) is 19.7 Å². The molecule has 0 bridgehead atoms. The third-order valence-corrected chi connectivity index (χ3v) is 5.29. The largest absolute Gasteiger partial charge is 0.507 e. The summed E-state index contributed by atoms with van der Waals surface area (Å²) < 4.78 is 5.96. The smallest absolute Gasteiger partial charge is 0.132 e. The number of aromatic hydroxyl groups is 1. The Balaban J connectivity index is 1.76. The van der Waals surface area contributed by atoms with Gasteiger partial charge in [0, 0.05) is 6.20 Å². The van der Waals surface area contributed by atoms with Gasteiger partial charge in [-0.1, -0.05) is 6.07 Å². The van der Waals surface area contributed by atoms with Gasteiger partial charge in [0.05, 0.1) is 23.4 Å².